The third kappa shape index (κ3) is 4.24. The van der Waals surface area contributed by atoms with Gasteiger partial charge in [-0.25, -0.2) is 4.79 Å². The van der Waals surface area contributed by atoms with Crippen LogP contribution >= 0.6 is 0 Å². The Labute approximate surface area is 102 Å². The summed E-state index contributed by atoms with van der Waals surface area (Å²) in [6.07, 6.45) is 2.16. The van der Waals surface area contributed by atoms with Crippen molar-refractivity contribution in [2.75, 3.05) is 7.05 Å². The number of hydrogen-bond acceptors (Lipinski definition) is 3. The Balaban J connectivity index is 2.50. The van der Waals surface area contributed by atoms with Gasteiger partial charge in [-0.1, -0.05) is 6.42 Å². The van der Waals surface area contributed by atoms with Crippen LogP contribution in [0, 0.1) is 5.92 Å². The first-order valence-electron chi connectivity index (χ1n) is 6.04. The number of carbonyl (C=O) groups is 2. The summed E-state index contributed by atoms with van der Waals surface area (Å²) in [5, 5.41) is 5.41. The van der Waals surface area contributed by atoms with E-state index >= 15 is 0 Å². The van der Waals surface area contributed by atoms with Crippen LogP contribution < -0.4 is 10.6 Å². The predicted molar refractivity (Wildman–Crippen MR) is 64.6 cm³/mol. The SMILES string of the molecule is CNC(=O)[C@H]1CCC[C@@H]1NC(=O)OC(C)(C)C. The van der Waals surface area contributed by atoms with Gasteiger partial charge in [0.1, 0.15) is 5.60 Å². The highest BCUT2D eigenvalue weighted by Gasteiger charge is 2.34. The molecule has 0 aromatic heterocycles. The lowest BCUT2D eigenvalue weighted by Gasteiger charge is -2.24. The molecule has 5 nitrogen and oxygen atoms in total. The monoisotopic (exact) mass is 242 g/mol. The molecule has 5 heteroatoms. The number of ether oxygens (including phenoxy) is 1. The van der Waals surface area contributed by atoms with Crippen LogP contribution in [0.15, 0.2) is 0 Å². The van der Waals surface area contributed by atoms with E-state index in [1.54, 1.807) is 7.05 Å². The summed E-state index contributed by atoms with van der Waals surface area (Å²) in [4.78, 5) is 23.2. The molecule has 0 radical (unpaired) electrons. The van der Waals surface area contributed by atoms with E-state index in [0.717, 1.165) is 19.3 Å². The van der Waals surface area contributed by atoms with Crippen LogP contribution in [-0.4, -0.2) is 30.7 Å². The molecule has 1 fully saturated rings. The fourth-order valence-electron chi connectivity index (χ4n) is 2.09. The zero-order valence-corrected chi connectivity index (χ0v) is 11.0. The van der Waals surface area contributed by atoms with Gasteiger partial charge < -0.3 is 15.4 Å². The fraction of sp³-hybridized carbons (Fsp3) is 0.833. The van der Waals surface area contributed by atoms with Crippen molar-refractivity contribution in [2.45, 2.75) is 51.7 Å². The Morgan fingerprint density at radius 3 is 2.41 bits per heavy atom. The Hall–Kier alpha value is -1.26. The van der Waals surface area contributed by atoms with Crippen molar-refractivity contribution in [3.05, 3.63) is 0 Å². The first-order chi connectivity index (χ1) is 7.83. The summed E-state index contributed by atoms with van der Waals surface area (Å²) < 4.78 is 5.18. The quantitative estimate of drug-likeness (QED) is 0.769. The summed E-state index contributed by atoms with van der Waals surface area (Å²) in [5.41, 5.74) is -0.509. The summed E-state index contributed by atoms with van der Waals surface area (Å²) in [6.45, 7) is 5.45. The van der Waals surface area contributed by atoms with Crippen molar-refractivity contribution in [2.24, 2.45) is 5.92 Å². The molecule has 2 amide bonds. The smallest absolute Gasteiger partial charge is 0.407 e. The van der Waals surface area contributed by atoms with Crippen molar-refractivity contribution < 1.29 is 14.3 Å². The molecule has 2 atom stereocenters. The Morgan fingerprint density at radius 2 is 1.88 bits per heavy atom. The molecule has 17 heavy (non-hydrogen) atoms. The average molecular weight is 242 g/mol. The zero-order valence-electron chi connectivity index (χ0n) is 11.0. The first-order valence-corrected chi connectivity index (χ1v) is 6.04. The fourth-order valence-corrected chi connectivity index (χ4v) is 2.09. The van der Waals surface area contributed by atoms with Crippen LogP contribution in [0.1, 0.15) is 40.0 Å². The van der Waals surface area contributed by atoms with Gasteiger partial charge in [-0.15, -0.1) is 0 Å². The molecule has 1 saturated carbocycles. The minimum atomic E-state index is -0.509. The molecule has 0 aliphatic heterocycles. The molecule has 0 aromatic rings. The molecule has 1 aliphatic carbocycles. The minimum Gasteiger partial charge on any atom is -0.444 e. The highest BCUT2D eigenvalue weighted by Crippen LogP contribution is 2.26. The maximum Gasteiger partial charge on any atom is 0.407 e. The second kappa shape index (κ2) is 5.38. The van der Waals surface area contributed by atoms with E-state index < -0.39 is 11.7 Å². The standard InChI is InChI=1S/C12H22N2O3/c1-12(2,3)17-11(16)14-9-7-5-6-8(9)10(15)13-4/h8-9H,5-7H2,1-4H3,(H,13,15)(H,14,16)/t8-,9-/m0/s1. The molecule has 98 valence electrons. The van der Waals surface area contributed by atoms with Gasteiger partial charge in [0.2, 0.25) is 5.91 Å². The maximum absolute atomic E-state index is 11.6. The zero-order chi connectivity index (χ0) is 13.1. The largest absolute Gasteiger partial charge is 0.444 e. The van der Waals surface area contributed by atoms with E-state index in [4.69, 9.17) is 4.74 Å². The van der Waals surface area contributed by atoms with E-state index in [9.17, 15) is 9.59 Å². The third-order valence-electron chi connectivity index (χ3n) is 2.80. The summed E-state index contributed by atoms with van der Waals surface area (Å²) in [5.74, 6) is -0.143. The highest BCUT2D eigenvalue weighted by atomic mass is 16.6. The number of nitrogens with one attached hydrogen (secondary N) is 2. The van der Waals surface area contributed by atoms with Crippen molar-refractivity contribution in [1.29, 1.82) is 0 Å². The van der Waals surface area contributed by atoms with E-state index in [2.05, 4.69) is 10.6 Å². The average Bonchev–Trinajstić information content (AvgIpc) is 2.61. The second-order valence-corrected chi connectivity index (χ2v) is 5.40. The van der Waals surface area contributed by atoms with E-state index in [1.165, 1.54) is 0 Å². The topological polar surface area (TPSA) is 67.4 Å². The van der Waals surface area contributed by atoms with Crippen molar-refractivity contribution >= 4 is 12.0 Å². The number of rotatable bonds is 2. The van der Waals surface area contributed by atoms with Crippen LogP contribution in [0.3, 0.4) is 0 Å². The van der Waals surface area contributed by atoms with E-state index in [-0.39, 0.29) is 17.9 Å². The van der Waals surface area contributed by atoms with Gasteiger partial charge in [0.15, 0.2) is 0 Å². The normalized spacial score (nSPS) is 24.2. The van der Waals surface area contributed by atoms with Crippen LogP contribution in [0.5, 0.6) is 0 Å². The maximum atomic E-state index is 11.6. The first kappa shape index (κ1) is 13.8. The lowest BCUT2D eigenvalue weighted by atomic mass is 10.0. The van der Waals surface area contributed by atoms with Gasteiger partial charge in [-0.3, -0.25) is 4.79 Å². The molecule has 0 aromatic carbocycles. The van der Waals surface area contributed by atoms with Crippen LogP contribution in [-0.2, 0) is 9.53 Å². The summed E-state index contributed by atoms with van der Waals surface area (Å²) in [7, 11) is 1.62. The molecule has 0 saturated heterocycles. The molecule has 0 spiro atoms. The lowest BCUT2D eigenvalue weighted by Crippen LogP contribution is -2.45. The molecular weight excluding hydrogens is 220 g/mol. The minimum absolute atomic E-state index is 0.0106. The van der Waals surface area contributed by atoms with Gasteiger partial charge in [-0.05, 0) is 33.6 Å². The van der Waals surface area contributed by atoms with Crippen molar-refractivity contribution in [3.63, 3.8) is 0 Å². The van der Waals surface area contributed by atoms with Crippen LogP contribution in [0.2, 0.25) is 0 Å². The van der Waals surface area contributed by atoms with E-state index in [1.807, 2.05) is 20.8 Å². The van der Waals surface area contributed by atoms with Crippen LogP contribution in [0.25, 0.3) is 0 Å². The Kier molecular flexibility index (Phi) is 4.37. The number of amides is 2. The molecule has 0 bridgehead atoms. The molecular formula is C12H22N2O3. The predicted octanol–water partition coefficient (Wildman–Crippen LogP) is 1.43. The number of carbonyl (C=O) groups excluding carboxylic acids is 2. The molecule has 2 N–H and O–H groups in total. The molecule has 1 aliphatic rings. The van der Waals surface area contributed by atoms with Crippen LogP contribution in [0.4, 0.5) is 4.79 Å². The van der Waals surface area contributed by atoms with Gasteiger partial charge >= 0.3 is 6.09 Å². The molecule has 0 heterocycles. The summed E-state index contributed by atoms with van der Waals surface area (Å²) in [6, 6.07) is -0.107. The van der Waals surface area contributed by atoms with Gasteiger partial charge in [0.25, 0.3) is 0 Å². The van der Waals surface area contributed by atoms with Crippen molar-refractivity contribution in [3.8, 4) is 0 Å². The molecule has 1 rings (SSSR count). The second-order valence-electron chi connectivity index (χ2n) is 5.40. The Morgan fingerprint density at radius 1 is 1.24 bits per heavy atom. The lowest BCUT2D eigenvalue weighted by molar-refractivity contribution is -0.124. The summed E-state index contributed by atoms with van der Waals surface area (Å²) >= 11 is 0. The van der Waals surface area contributed by atoms with E-state index in [0.29, 0.717) is 0 Å². The highest BCUT2D eigenvalue weighted by molar-refractivity contribution is 5.80. The van der Waals surface area contributed by atoms with Gasteiger partial charge in [0, 0.05) is 13.1 Å². The Bertz CT molecular complexity index is 297. The molecule has 0 unspecified atom stereocenters. The number of alkyl carbamates (subject to hydrolysis) is 1. The van der Waals surface area contributed by atoms with Crippen molar-refractivity contribution in [1.82, 2.24) is 10.6 Å². The number of hydrogen-bond donors (Lipinski definition) is 2. The third-order valence-corrected chi connectivity index (χ3v) is 2.80. The van der Waals surface area contributed by atoms with Gasteiger partial charge in [-0.2, -0.15) is 0 Å². The van der Waals surface area contributed by atoms with Gasteiger partial charge in [0.05, 0.1) is 5.92 Å².